The first kappa shape index (κ1) is 15.3. The molecule has 7 atom stereocenters. The molecule has 5 fully saturated rings. The van der Waals surface area contributed by atoms with Crippen molar-refractivity contribution >= 4 is 35.0 Å². The molecule has 24 heavy (non-hydrogen) atoms. The highest BCUT2D eigenvalue weighted by molar-refractivity contribution is 6.35. The van der Waals surface area contributed by atoms with Gasteiger partial charge in [-0.2, -0.15) is 0 Å². The van der Waals surface area contributed by atoms with Crippen molar-refractivity contribution in [2.75, 3.05) is 5.32 Å². The molecular weight excluding hydrogens is 349 g/mol. The summed E-state index contributed by atoms with van der Waals surface area (Å²) in [6.45, 7) is 0. The van der Waals surface area contributed by atoms with Crippen LogP contribution in [0.1, 0.15) is 25.7 Å². The third kappa shape index (κ3) is 2.51. The lowest BCUT2D eigenvalue weighted by molar-refractivity contribution is -0.0851. The van der Waals surface area contributed by atoms with Crippen LogP contribution in [0.5, 0.6) is 0 Å². The van der Waals surface area contributed by atoms with Gasteiger partial charge in [-0.25, -0.2) is 4.79 Å². The van der Waals surface area contributed by atoms with Gasteiger partial charge in [-0.3, -0.25) is 5.32 Å². The van der Waals surface area contributed by atoms with Crippen molar-refractivity contribution in [3.63, 3.8) is 0 Å². The number of hydrogen-bond donors (Lipinski definition) is 1. The first-order valence-corrected chi connectivity index (χ1v) is 9.43. The van der Waals surface area contributed by atoms with E-state index >= 15 is 0 Å². The van der Waals surface area contributed by atoms with Crippen LogP contribution < -0.4 is 5.32 Å². The summed E-state index contributed by atoms with van der Waals surface area (Å²) in [5, 5.41) is 3.73. The van der Waals surface area contributed by atoms with Crippen LogP contribution in [0.2, 0.25) is 10.0 Å². The van der Waals surface area contributed by atoms with Crippen molar-refractivity contribution in [2.24, 2.45) is 23.7 Å². The lowest BCUT2D eigenvalue weighted by Gasteiger charge is -2.50. The van der Waals surface area contributed by atoms with Gasteiger partial charge in [0.25, 0.3) is 0 Å². The van der Waals surface area contributed by atoms with Crippen LogP contribution in [-0.4, -0.2) is 24.4 Å². The summed E-state index contributed by atoms with van der Waals surface area (Å²) in [7, 11) is 0. The summed E-state index contributed by atoms with van der Waals surface area (Å²) in [5.41, 5.74) is 0.562. The van der Waals surface area contributed by atoms with Gasteiger partial charge in [-0.05, 0) is 67.6 Å². The van der Waals surface area contributed by atoms with Crippen LogP contribution in [0.3, 0.4) is 0 Å². The van der Waals surface area contributed by atoms with Crippen molar-refractivity contribution in [3.8, 4) is 0 Å². The van der Waals surface area contributed by atoms with E-state index in [1.165, 1.54) is 12.8 Å². The second-order valence-electron chi connectivity index (χ2n) is 7.58. The zero-order valence-corrected chi connectivity index (χ0v) is 14.6. The van der Waals surface area contributed by atoms with Crippen LogP contribution in [0.15, 0.2) is 18.2 Å². The summed E-state index contributed by atoms with van der Waals surface area (Å²) >= 11 is 11.9. The Labute approximate surface area is 150 Å². The average Bonchev–Trinajstić information content (AvgIpc) is 3.16. The molecule has 0 radical (unpaired) electrons. The highest BCUT2D eigenvalue weighted by atomic mass is 35.5. The summed E-state index contributed by atoms with van der Waals surface area (Å²) in [5.74, 6) is 2.53. The molecular formula is C18H19Cl2NO3. The van der Waals surface area contributed by atoms with Gasteiger partial charge in [0, 0.05) is 15.7 Å². The minimum Gasteiger partial charge on any atom is -0.446 e. The number of nitrogens with one attached hydrogen (secondary N) is 1. The fourth-order valence-electron chi connectivity index (χ4n) is 5.50. The molecule has 0 unspecified atom stereocenters. The van der Waals surface area contributed by atoms with Gasteiger partial charge in [0.1, 0.15) is 6.10 Å². The van der Waals surface area contributed by atoms with Crippen LogP contribution in [0.4, 0.5) is 10.5 Å². The fraction of sp³-hybridized carbons (Fsp3) is 0.611. The Morgan fingerprint density at radius 1 is 1.12 bits per heavy atom. The molecule has 4 aliphatic carbocycles. The maximum Gasteiger partial charge on any atom is 0.411 e. The molecule has 1 N–H and O–H groups in total. The Morgan fingerprint density at radius 2 is 1.92 bits per heavy atom. The number of ether oxygens (including phenoxy) is 2. The monoisotopic (exact) mass is 367 g/mol. The molecule has 128 valence electrons. The molecule has 4 nitrogen and oxygen atoms in total. The van der Waals surface area contributed by atoms with Crippen LogP contribution >= 0.6 is 23.2 Å². The molecule has 6 rings (SSSR count). The lowest BCUT2D eigenvalue weighted by atomic mass is 9.58. The first-order valence-electron chi connectivity index (χ1n) is 8.67. The van der Waals surface area contributed by atoms with Crippen LogP contribution in [0.25, 0.3) is 0 Å². The highest BCUT2D eigenvalue weighted by Crippen LogP contribution is 2.62. The minimum atomic E-state index is -0.415. The fourth-order valence-corrected chi connectivity index (χ4v) is 6.03. The van der Waals surface area contributed by atoms with E-state index in [1.54, 1.807) is 18.2 Å². The third-order valence-corrected chi connectivity index (χ3v) is 6.78. The molecule has 1 saturated heterocycles. The number of carbonyl (C=O) groups excluding carboxylic acids is 1. The number of benzene rings is 1. The molecule has 0 spiro atoms. The van der Waals surface area contributed by atoms with E-state index in [1.807, 2.05) is 0 Å². The van der Waals surface area contributed by atoms with Crippen molar-refractivity contribution in [3.05, 3.63) is 28.2 Å². The predicted molar refractivity (Wildman–Crippen MR) is 91.4 cm³/mol. The van der Waals surface area contributed by atoms with Crippen molar-refractivity contribution < 1.29 is 14.3 Å². The zero-order chi connectivity index (χ0) is 16.4. The number of epoxide rings is 1. The quantitative estimate of drug-likeness (QED) is 0.767. The first-order chi connectivity index (χ1) is 11.6. The molecule has 1 amide bonds. The van der Waals surface area contributed by atoms with Gasteiger partial charge >= 0.3 is 6.09 Å². The Balaban J connectivity index is 1.26. The normalized spacial score (nSPS) is 41.5. The topological polar surface area (TPSA) is 50.9 Å². The van der Waals surface area contributed by atoms with Gasteiger partial charge in [0.05, 0.1) is 12.2 Å². The Hall–Kier alpha value is -0.970. The minimum absolute atomic E-state index is 0.0251. The van der Waals surface area contributed by atoms with Gasteiger partial charge in [-0.1, -0.05) is 23.2 Å². The Kier molecular flexibility index (Phi) is 3.52. The van der Waals surface area contributed by atoms with Crippen LogP contribution in [0, 0.1) is 23.7 Å². The highest BCUT2D eigenvalue weighted by Gasteiger charge is 2.64. The molecule has 6 heteroatoms. The summed E-state index contributed by atoms with van der Waals surface area (Å²) in [6.07, 6.45) is 5.16. The number of rotatable bonds is 2. The predicted octanol–water partition coefficient (Wildman–Crippen LogP) is 4.74. The largest absolute Gasteiger partial charge is 0.446 e. The van der Waals surface area contributed by atoms with Gasteiger partial charge in [0.2, 0.25) is 0 Å². The van der Waals surface area contributed by atoms with Crippen LogP contribution in [-0.2, 0) is 9.47 Å². The number of halogens is 2. The average molecular weight is 368 g/mol. The van der Waals surface area contributed by atoms with E-state index in [-0.39, 0.29) is 6.10 Å². The number of fused-ring (bicyclic) bond motifs is 3. The van der Waals surface area contributed by atoms with Crippen molar-refractivity contribution in [2.45, 2.75) is 44.0 Å². The molecule has 5 aliphatic rings. The lowest BCUT2D eigenvalue weighted by Crippen LogP contribution is -2.49. The second kappa shape index (κ2) is 5.52. The van der Waals surface area contributed by atoms with E-state index in [9.17, 15) is 4.79 Å². The van der Waals surface area contributed by atoms with Gasteiger partial charge in [-0.15, -0.1) is 0 Å². The molecule has 2 bridgehead atoms. The third-order valence-electron chi connectivity index (χ3n) is 6.35. The Bertz CT molecular complexity index is 677. The summed E-state index contributed by atoms with van der Waals surface area (Å²) < 4.78 is 11.5. The number of amides is 1. The zero-order valence-electron chi connectivity index (χ0n) is 13.1. The second-order valence-corrected chi connectivity index (χ2v) is 8.45. The number of carbonyl (C=O) groups is 1. The van der Waals surface area contributed by atoms with Gasteiger partial charge in [0.15, 0.2) is 0 Å². The van der Waals surface area contributed by atoms with E-state index in [0.717, 1.165) is 12.8 Å². The van der Waals surface area contributed by atoms with E-state index in [0.29, 0.717) is 51.6 Å². The molecule has 1 aromatic rings. The molecule has 1 aromatic carbocycles. The van der Waals surface area contributed by atoms with E-state index < -0.39 is 6.09 Å². The van der Waals surface area contributed by atoms with Gasteiger partial charge < -0.3 is 9.47 Å². The Morgan fingerprint density at radius 3 is 2.71 bits per heavy atom. The van der Waals surface area contributed by atoms with Crippen molar-refractivity contribution in [1.82, 2.24) is 0 Å². The SMILES string of the molecule is O=C(Nc1cc(Cl)cc(Cl)c1)O[C@@H]1C[C@@H]2CC[C@@H]1[C@H]1C[C@H]3O[C@@H]3[C@H]21. The summed E-state index contributed by atoms with van der Waals surface area (Å²) in [4.78, 5) is 12.3. The molecule has 0 aromatic heterocycles. The van der Waals surface area contributed by atoms with Crippen molar-refractivity contribution in [1.29, 1.82) is 0 Å². The standard InChI is InChI=1S/C18H19Cl2NO3/c19-9-4-10(20)6-11(5-9)21-18(22)24-14-3-8-1-2-12(14)13-7-15-17(23-15)16(8)13/h4-6,8,12-17H,1-3,7H2,(H,21,22)/t8-,12+,13+,14+,15+,16+,17-/m0/s1. The number of anilines is 1. The molecule has 4 saturated carbocycles. The summed E-state index contributed by atoms with van der Waals surface area (Å²) in [6, 6.07) is 4.96. The maximum absolute atomic E-state index is 12.3. The molecule has 1 heterocycles. The smallest absolute Gasteiger partial charge is 0.411 e. The molecule has 1 aliphatic heterocycles. The number of hydrogen-bond acceptors (Lipinski definition) is 3. The van der Waals surface area contributed by atoms with E-state index in [2.05, 4.69) is 5.32 Å². The maximum atomic E-state index is 12.3. The van der Waals surface area contributed by atoms with E-state index in [4.69, 9.17) is 32.7 Å².